The number of amides is 2. The van der Waals surface area contributed by atoms with Crippen LogP contribution in [0.4, 0.5) is 11.4 Å². The summed E-state index contributed by atoms with van der Waals surface area (Å²) in [5.41, 5.74) is 2.23. The lowest BCUT2D eigenvalue weighted by atomic mass is 9.78. The van der Waals surface area contributed by atoms with Crippen LogP contribution < -0.4 is 16.0 Å². The van der Waals surface area contributed by atoms with Crippen LogP contribution in [0.3, 0.4) is 0 Å². The molecule has 0 aliphatic carbocycles. The third-order valence-corrected chi connectivity index (χ3v) is 4.95. The second-order valence-electron chi connectivity index (χ2n) is 6.69. The van der Waals surface area contributed by atoms with E-state index in [4.69, 9.17) is 4.74 Å². The normalized spacial score (nSPS) is 19.8. The number of fused-ring (bicyclic) bond motifs is 1. The number of nitrogens with one attached hydrogen (secondary N) is 3. The number of piperidine rings is 1. The SMILES string of the molecule is COCC1(C(=O)Nc2ccc3c(c2)CCCC(=O)N3)CCNCC1. The molecule has 2 amide bonds. The summed E-state index contributed by atoms with van der Waals surface area (Å²) in [5.74, 6) is 0.0720. The van der Waals surface area contributed by atoms with E-state index in [0.717, 1.165) is 55.7 Å². The van der Waals surface area contributed by atoms with Crippen LogP contribution in [0.25, 0.3) is 0 Å². The Balaban J connectivity index is 1.76. The molecule has 0 unspecified atom stereocenters. The van der Waals surface area contributed by atoms with Gasteiger partial charge in [0.2, 0.25) is 11.8 Å². The highest BCUT2D eigenvalue weighted by molar-refractivity contribution is 5.97. The van der Waals surface area contributed by atoms with Crippen molar-refractivity contribution in [2.24, 2.45) is 5.41 Å². The molecule has 3 rings (SSSR count). The number of carbonyl (C=O) groups is 2. The van der Waals surface area contributed by atoms with E-state index >= 15 is 0 Å². The summed E-state index contributed by atoms with van der Waals surface area (Å²) in [6.45, 7) is 2.08. The summed E-state index contributed by atoms with van der Waals surface area (Å²) in [5, 5.41) is 9.27. The smallest absolute Gasteiger partial charge is 0.233 e. The molecule has 2 aliphatic heterocycles. The van der Waals surface area contributed by atoms with Gasteiger partial charge in [-0.25, -0.2) is 0 Å². The van der Waals surface area contributed by atoms with E-state index in [1.807, 2.05) is 18.2 Å². The van der Waals surface area contributed by atoms with Gasteiger partial charge < -0.3 is 20.7 Å². The molecule has 1 aromatic rings. The van der Waals surface area contributed by atoms with Crippen LogP contribution >= 0.6 is 0 Å². The molecule has 0 atom stereocenters. The molecule has 2 heterocycles. The average Bonchev–Trinajstić information content (AvgIpc) is 2.76. The van der Waals surface area contributed by atoms with E-state index in [0.29, 0.717) is 13.0 Å². The van der Waals surface area contributed by atoms with Gasteiger partial charge in [-0.3, -0.25) is 9.59 Å². The third-order valence-electron chi connectivity index (χ3n) is 4.95. The van der Waals surface area contributed by atoms with E-state index < -0.39 is 5.41 Å². The van der Waals surface area contributed by atoms with Crippen molar-refractivity contribution in [2.75, 3.05) is 37.4 Å². The number of hydrogen-bond donors (Lipinski definition) is 3. The van der Waals surface area contributed by atoms with Gasteiger partial charge in [-0.05, 0) is 62.5 Å². The predicted octanol–water partition coefficient (Wildman–Crippen LogP) is 1.92. The summed E-state index contributed by atoms with van der Waals surface area (Å²) < 4.78 is 5.33. The number of hydrogen-bond acceptors (Lipinski definition) is 4. The number of methoxy groups -OCH3 is 1. The maximum absolute atomic E-state index is 12.9. The Hall–Kier alpha value is -1.92. The van der Waals surface area contributed by atoms with E-state index in [-0.39, 0.29) is 11.8 Å². The molecule has 3 N–H and O–H groups in total. The first-order valence-corrected chi connectivity index (χ1v) is 8.57. The zero-order chi connectivity index (χ0) is 17.0. The lowest BCUT2D eigenvalue weighted by Gasteiger charge is -2.35. The molecule has 0 aromatic heterocycles. The molecule has 6 nitrogen and oxygen atoms in total. The van der Waals surface area contributed by atoms with E-state index in [9.17, 15) is 9.59 Å². The summed E-state index contributed by atoms with van der Waals surface area (Å²) in [4.78, 5) is 24.5. The minimum Gasteiger partial charge on any atom is -0.384 e. The van der Waals surface area contributed by atoms with Gasteiger partial charge in [0.25, 0.3) is 0 Å². The summed E-state index contributed by atoms with van der Waals surface area (Å²) in [6, 6.07) is 5.70. The molecule has 1 fully saturated rings. The molecule has 1 saturated heterocycles. The summed E-state index contributed by atoms with van der Waals surface area (Å²) in [7, 11) is 1.64. The molecular weight excluding hydrogens is 306 g/mol. The molecule has 24 heavy (non-hydrogen) atoms. The van der Waals surface area contributed by atoms with Gasteiger partial charge >= 0.3 is 0 Å². The van der Waals surface area contributed by atoms with Crippen LogP contribution in [-0.2, 0) is 20.7 Å². The fourth-order valence-electron chi connectivity index (χ4n) is 3.53. The Morgan fingerprint density at radius 2 is 2.08 bits per heavy atom. The number of benzene rings is 1. The number of ether oxygens (including phenoxy) is 1. The maximum Gasteiger partial charge on any atom is 0.233 e. The van der Waals surface area contributed by atoms with Gasteiger partial charge in [0.1, 0.15) is 0 Å². The Kier molecular flexibility index (Phi) is 5.16. The second kappa shape index (κ2) is 7.32. The lowest BCUT2D eigenvalue weighted by Crippen LogP contribution is -2.47. The number of rotatable bonds is 4. The molecule has 0 radical (unpaired) electrons. The van der Waals surface area contributed by atoms with Crippen molar-refractivity contribution in [3.8, 4) is 0 Å². The van der Waals surface area contributed by atoms with Crippen LogP contribution in [0, 0.1) is 5.41 Å². The van der Waals surface area contributed by atoms with Gasteiger partial charge in [0.05, 0.1) is 12.0 Å². The van der Waals surface area contributed by atoms with Crippen molar-refractivity contribution >= 4 is 23.2 Å². The van der Waals surface area contributed by atoms with Gasteiger partial charge in [0, 0.05) is 24.9 Å². The van der Waals surface area contributed by atoms with Gasteiger partial charge in [-0.2, -0.15) is 0 Å². The van der Waals surface area contributed by atoms with Crippen LogP contribution in [-0.4, -0.2) is 38.6 Å². The highest BCUT2D eigenvalue weighted by atomic mass is 16.5. The fraction of sp³-hybridized carbons (Fsp3) is 0.556. The average molecular weight is 331 g/mol. The van der Waals surface area contributed by atoms with Crippen molar-refractivity contribution in [3.63, 3.8) is 0 Å². The first kappa shape index (κ1) is 16.9. The maximum atomic E-state index is 12.9. The fourth-order valence-corrected chi connectivity index (χ4v) is 3.53. The van der Waals surface area contributed by atoms with Crippen molar-refractivity contribution in [3.05, 3.63) is 23.8 Å². The van der Waals surface area contributed by atoms with Crippen LogP contribution in [0.15, 0.2) is 18.2 Å². The van der Waals surface area contributed by atoms with E-state index in [2.05, 4.69) is 16.0 Å². The zero-order valence-electron chi connectivity index (χ0n) is 14.1. The van der Waals surface area contributed by atoms with Crippen molar-refractivity contribution < 1.29 is 14.3 Å². The van der Waals surface area contributed by atoms with Crippen LogP contribution in [0.2, 0.25) is 0 Å². The molecule has 2 aliphatic rings. The largest absolute Gasteiger partial charge is 0.384 e. The highest BCUT2D eigenvalue weighted by Gasteiger charge is 2.39. The quantitative estimate of drug-likeness (QED) is 0.787. The van der Waals surface area contributed by atoms with Crippen molar-refractivity contribution in [1.29, 1.82) is 0 Å². The summed E-state index contributed by atoms with van der Waals surface area (Å²) >= 11 is 0. The topological polar surface area (TPSA) is 79.5 Å². The Bertz CT molecular complexity index is 618. The number of aryl methyl sites for hydroxylation is 1. The molecule has 0 saturated carbocycles. The van der Waals surface area contributed by atoms with Crippen LogP contribution in [0.1, 0.15) is 31.2 Å². The molecule has 0 spiro atoms. The van der Waals surface area contributed by atoms with Crippen molar-refractivity contribution in [1.82, 2.24) is 5.32 Å². The second-order valence-corrected chi connectivity index (χ2v) is 6.69. The molecular formula is C18H25N3O3. The Morgan fingerprint density at radius 3 is 2.83 bits per heavy atom. The summed E-state index contributed by atoms with van der Waals surface area (Å²) in [6.07, 6.45) is 3.75. The van der Waals surface area contributed by atoms with E-state index in [1.165, 1.54) is 0 Å². The van der Waals surface area contributed by atoms with Gasteiger partial charge in [0.15, 0.2) is 0 Å². The molecule has 6 heteroatoms. The first-order chi connectivity index (χ1) is 11.6. The van der Waals surface area contributed by atoms with E-state index in [1.54, 1.807) is 7.11 Å². The molecule has 130 valence electrons. The first-order valence-electron chi connectivity index (χ1n) is 8.57. The highest BCUT2D eigenvalue weighted by Crippen LogP contribution is 2.32. The third kappa shape index (κ3) is 3.60. The Morgan fingerprint density at radius 1 is 1.29 bits per heavy atom. The van der Waals surface area contributed by atoms with Gasteiger partial charge in [-0.1, -0.05) is 0 Å². The van der Waals surface area contributed by atoms with Gasteiger partial charge in [-0.15, -0.1) is 0 Å². The molecule has 0 bridgehead atoms. The minimum atomic E-state index is -0.471. The van der Waals surface area contributed by atoms with Crippen LogP contribution in [0.5, 0.6) is 0 Å². The number of carbonyl (C=O) groups excluding carboxylic acids is 2. The number of anilines is 2. The lowest BCUT2D eigenvalue weighted by molar-refractivity contribution is -0.130. The standard InChI is InChI=1S/C18H25N3O3/c1-24-12-18(7-9-19-10-8-18)17(23)20-14-5-6-15-13(11-14)3-2-4-16(22)21-15/h5-6,11,19H,2-4,7-10,12H2,1H3,(H,20,23)(H,21,22). The monoisotopic (exact) mass is 331 g/mol. The predicted molar refractivity (Wildman–Crippen MR) is 93.1 cm³/mol. The Labute approximate surface area is 142 Å². The zero-order valence-corrected chi connectivity index (χ0v) is 14.1. The molecule has 1 aromatic carbocycles. The van der Waals surface area contributed by atoms with Crippen molar-refractivity contribution in [2.45, 2.75) is 32.1 Å². The minimum absolute atomic E-state index is 0.0171.